The first-order valence-corrected chi connectivity index (χ1v) is 10.0. The Morgan fingerprint density at radius 3 is 2.92 bits per heavy atom. The van der Waals surface area contributed by atoms with E-state index in [9.17, 15) is 0 Å². The van der Waals surface area contributed by atoms with Crippen LogP contribution in [0, 0.1) is 5.92 Å². The third kappa shape index (κ3) is 2.75. The minimum absolute atomic E-state index is 0.530. The number of hydrogen-bond acceptors (Lipinski definition) is 0. The third-order valence-corrected chi connectivity index (χ3v) is 6.21. The molecule has 3 aliphatic rings. The molecule has 0 radical (unpaired) electrons. The van der Waals surface area contributed by atoms with Crippen molar-refractivity contribution in [1.82, 2.24) is 0 Å². The van der Waals surface area contributed by atoms with Crippen LogP contribution in [0.25, 0.3) is 22.4 Å². The molecule has 0 amide bonds. The summed E-state index contributed by atoms with van der Waals surface area (Å²) >= 11 is 2.40. The summed E-state index contributed by atoms with van der Waals surface area (Å²) in [6.45, 7) is 0. The van der Waals surface area contributed by atoms with Crippen molar-refractivity contribution in [2.45, 2.75) is 19.3 Å². The quantitative estimate of drug-likeness (QED) is 0.423. The lowest BCUT2D eigenvalue weighted by atomic mass is 9.82. The first-order valence-electron chi connectivity index (χ1n) is 8.97. The van der Waals surface area contributed by atoms with Crippen LogP contribution in [0.2, 0.25) is 0 Å². The predicted molar refractivity (Wildman–Crippen MR) is 117 cm³/mol. The van der Waals surface area contributed by atoms with Gasteiger partial charge in [0.15, 0.2) is 0 Å². The molecule has 2 aromatic rings. The highest BCUT2D eigenvalue weighted by atomic mass is 127. The molecule has 122 valence electrons. The van der Waals surface area contributed by atoms with Gasteiger partial charge in [0.25, 0.3) is 0 Å². The molecule has 0 bridgehead atoms. The minimum Gasteiger partial charge on any atom is -0.0836 e. The summed E-state index contributed by atoms with van der Waals surface area (Å²) in [6.07, 6.45) is 19.5. The summed E-state index contributed by atoms with van der Waals surface area (Å²) < 4.78 is 1.32. The van der Waals surface area contributed by atoms with Crippen molar-refractivity contribution in [2.24, 2.45) is 5.92 Å². The maximum atomic E-state index is 2.40. The Balaban J connectivity index is 1.56. The van der Waals surface area contributed by atoms with Crippen molar-refractivity contribution >= 4 is 45.0 Å². The highest BCUT2D eigenvalue weighted by Crippen LogP contribution is 2.38. The lowest BCUT2D eigenvalue weighted by molar-refractivity contribution is 0.792. The zero-order valence-corrected chi connectivity index (χ0v) is 16.2. The maximum absolute atomic E-state index is 2.40. The molecular weight excluding hydrogens is 415 g/mol. The normalized spacial score (nSPS) is 21.3. The van der Waals surface area contributed by atoms with E-state index in [-0.39, 0.29) is 0 Å². The van der Waals surface area contributed by atoms with Gasteiger partial charge in [-0.3, -0.25) is 0 Å². The van der Waals surface area contributed by atoms with Crippen molar-refractivity contribution in [3.63, 3.8) is 0 Å². The van der Waals surface area contributed by atoms with Crippen LogP contribution in [0.1, 0.15) is 29.5 Å². The fourth-order valence-corrected chi connectivity index (χ4v) is 4.76. The predicted octanol–water partition coefficient (Wildman–Crippen LogP) is 7.02. The number of hydrogen-bond donors (Lipinski definition) is 0. The van der Waals surface area contributed by atoms with Crippen LogP contribution in [0.3, 0.4) is 0 Å². The van der Waals surface area contributed by atoms with Crippen molar-refractivity contribution in [3.8, 4) is 0 Å². The van der Waals surface area contributed by atoms with Gasteiger partial charge in [0.05, 0.1) is 0 Å². The Kier molecular flexibility index (Phi) is 3.78. The second-order valence-corrected chi connectivity index (χ2v) is 8.31. The van der Waals surface area contributed by atoms with E-state index in [1.165, 1.54) is 42.2 Å². The van der Waals surface area contributed by atoms with Crippen LogP contribution in [0.4, 0.5) is 0 Å². The molecular formula is C24H19I. The first-order chi connectivity index (χ1) is 12.3. The highest BCUT2D eigenvalue weighted by molar-refractivity contribution is 14.1. The van der Waals surface area contributed by atoms with Crippen molar-refractivity contribution in [2.75, 3.05) is 0 Å². The van der Waals surface area contributed by atoms with E-state index in [1.807, 2.05) is 0 Å². The molecule has 1 unspecified atom stereocenters. The first kappa shape index (κ1) is 15.4. The van der Waals surface area contributed by atoms with Crippen molar-refractivity contribution < 1.29 is 0 Å². The Morgan fingerprint density at radius 2 is 1.96 bits per heavy atom. The number of benzene rings is 2. The van der Waals surface area contributed by atoms with Crippen LogP contribution in [0.15, 0.2) is 75.9 Å². The van der Waals surface area contributed by atoms with Gasteiger partial charge in [-0.1, -0.05) is 60.7 Å². The molecule has 3 aliphatic carbocycles. The fraction of sp³-hybridized carbons (Fsp3) is 0.167. The van der Waals surface area contributed by atoms with Gasteiger partial charge in [-0.15, -0.1) is 0 Å². The largest absolute Gasteiger partial charge is 0.0836 e. The minimum atomic E-state index is 0.530. The van der Waals surface area contributed by atoms with Gasteiger partial charge < -0.3 is 0 Å². The number of halogens is 1. The number of rotatable bonds is 1. The van der Waals surface area contributed by atoms with Gasteiger partial charge in [0.1, 0.15) is 0 Å². The highest BCUT2D eigenvalue weighted by Gasteiger charge is 2.19. The second kappa shape index (κ2) is 6.14. The van der Waals surface area contributed by atoms with Crippen molar-refractivity contribution in [1.29, 1.82) is 0 Å². The molecule has 0 fully saturated rings. The topological polar surface area (TPSA) is 0 Å². The third-order valence-electron chi connectivity index (χ3n) is 5.53. The van der Waals surface area contributed by atoms with E-state index in [0.717, 1.165) is 19.3 Å². The monoisotopic (exact) mass is 434 g/mol. The number of allylic oxidation sites excluding steroid dienone is 9. The van der Waals surface area contributed by atoms with Crippen molar-refractivity contribution in [3.05, 3.63) is 92.6 Å². The fourth-order valence-electron chi connectivity index (χ4n) is 4.19. The van der Waals surface area contributed by atoms with Gasteiger partial charge in [0.2, 0.25) is 0 Å². The molecule has 0 saturated carbocycles. The molecule has 1 heteroatoms. The van der Waals surface area contributed by atoms with Gasteiger partial charge in [0, 0.05) is 9.50 Å². The molecule has 25 heavy (non-hydrogen) atoms. The molecule has 0 spiro atoms. The summed E-state index contributed by atoms with van der Waals surface area (Å²) in [5.41, 5.74) is 7.17. The van der Waals surface area contributed by atoms with Crippen LogP contribution < -0.4 is 0 Å². The van der Waals surface area contributed by atoms with Crippen LogP contribution in [0.5, 0.6) is 0 Å². The summed E-state index contributed by atoms with van der Waals surface area (Å²) in [4.78, 5) is 0. The van der Waals surface area contributed by atoms with Crippen LogP contribution in [-0.4, -0.2) is 0 Å². The number of fused-ring (bicyclic) bond motifs is 4. The van der Waals surface area contributed by atoms with Gasteiger partial charge >= 0.3 is 0 Å². The molecule has 0 aliphatic heterocycles. The Hall–Kier alpha value is -1.87. The zero-order valence-electron chi connectivity index (χ0n) is 14.0. The summed E-state index contributed by atoms with van der Waals surface area (Å²) in [5.74, 6) is 0.530. The lowest BCUT2D eigenvalue weighted by Crippen LogP contribution is -2.07. The zero-order chi connectivity index (χ0) is 16.8. The Morgan fingerprint density at radius 1 is 1.00 bits per heavy atom. The van der Waals surface area contributed by atoms with E-state index in [4.69, 9.17) is 0 Å². The number of aryl methyl sites for hydroxylation is 1. The van der Waals surface area contributed by atoms with E-state index in [2.05, 4.69) is 95.5 Å². The van der Waals surface area contributed by atoms with E-state index < -0.39 is 0 Å². The molecule has 0 nitrogen and oxygen atoms in total. The van der Waals surface area contributed by atoms with E-state index in [1.54, 1.807) is 0 Å². The molecule has 5 rings (SSSR count). The summed E-state index contributed by atoms with van der Waals surface area (Å²) in [7, 11) is 0. The molecule has 0 saturated heterocycles. The van der Waals surface area contributed by atoms with E-state index in [0.29, 0.717) is 5.92 Å². The van der Waals surface area contributed by atoms with Gasteiger partial charge in [-0.25, -0.2) is 0 Å². The van der Waals surface area contributed by atoms with E-state index >= 15 is 0 Å². The smallest absolute Gasteiger partial charge is 0.0130 e. The summed E-state index contributed by atoms with van der Waals surface area (Å²) in [5, 5.41) is 2.80. The Labute approximate surface area is 162 Å². The van der Waals surface area contributed by atoms with Gasteiger partial charge in [-0.05, 0) is 92.6 Å². The SMILES string of the molecule is IC1=CC2=CC=C(c3ccc4c5c(ccc4c3)C=CCC5)CC2C=C1. The average Bonchev–Trinajstić information content (AvgIpc) is 2.67. The van der Waals surface area contributed by atoms with Gasteiger partial charge in [-0.2, -0.15) is 0 Å². The second-order valence-electron chi connectivity index (χ2n) is 7.07. The van der Waals surface area contributed by atoms with Crippen LogP contribution in [-0.2, 0) is 6.42 Å². The molecule has 0 N–H and O–H groups in total. The summed E-state index contributed by atoms with van der Waals surface area (Å²) in [6, 6.07) is 11.6. The molecule has 1 atom stereocenters. The lowest BCUT2D eigenvalue weighted by Gasteiger charge is -2.24. The average molecular weight is 434 g/mol. The van der Waals surface area contributed by atoms with Crippen LogP contribution >= 0.6 is 22.6 Å². The maximum Gasteiger partial charge on any atom is 0.0130 e. The molecule has 0 aromatic heterocycles. The molecule has 0 heterocycles. The Bertz CT molecular complexity index is 1030. The standard InChI is InChI=1S/C24H19I/c25-22-11-9-18-13-17(6-7-20(18)15-22)19-10-12-24-21(14-19)8-5-16-3-1-2-4-23(16)24/h1,3,5-12,14-15,18H,2,4,13H2. The molecule has 2 aromatic carbocycles.